The van der Waals surface area contributed by atoms with Gasteiger partial charge in [0.25, 0.3) is 0 Å². The van der Waals surface area contributed by atoms with Crippen LogP contribution in [0.25, 0.3) is 0 Å². The van der Waals surface area contributed by atoms with Crippen molar-refractivity contribution in [3.05, 3.63) is 52.6 Å². The number of carboxylic acid groups (broad SMARTS) is 1. The van der Waals surface area contributed by atoms with Crippen LogP contribution in [0, 0.1) is 20.8 Å². The van der Waals surface area contributed by atoms with Gasteiger partial charge in [-0.25, -0.2) is 9.78 Å². The van der Waals surface area contributed by atoms with Crippen LogP contribution in [0.15, 0.2) is 24.4 Å². The summed E-state index contributed by atoms with van der Waals surface area (Å²) < 4.78 is 1.73. The number of imidazole rings is 1. The maximum absolute atomic E-state index is 11.1. The molecule has 0 saturated carbocycles. The average molecular weight is 244 g/mol. The SMILES string of the molecule is Cc1cccc(C)c1Cn1c(C(=O)O)cnc1C. The quantitative estimate of drug-likeness (QED) is 0.902. The van der Waals surface area contributed by atoms with Gasteiger partial charge in [0.2, 0.25) is 0 Å². The number of hydrogen-bond donors (Lipinski definition) is 1. The van der Waals surface area contributed by atoms with Gasteiger partial charge in [0.15, 0.2) is 0 Å². The van der Waals surface area contributed by atoms with Crippen molar-refractivity contribution in [1.82, 2.24) is 9.55 Å². The van der Waals surface area contributed by atoms with Crippen LogP contribution < -0.4 is 0 Å². The zero-order valence-electron chi connectivity index (χ0n) is 10.8. The van der Waals surface area contributed by atoms with Crippen molar-refractivity contribution in [1.29, 1.82) is 0 Å². The monoisotopic (exact) mass is 244 g/mol. The van der Waals surface area contributed by atoms with Crippen molar-refractivity contribution in [2.45, 2.75) is 27.3 Å². The van der Waals surface area contributed by atoms with E-state index in [1.807, 2.05) is 39.0 Å². The van der Waals surface area contributed by atoms with Gasteiger partial charge in [0, 0.05) is 0 Å². The predicted octanol–water partition coefficient (Wildman–Crippen LogP) is 2.55. The van der Waals surface area contributed by atoms with Crippen LogP contribution in [0.5, 0.6) is 0 Å². The zero-order valence-corrected chi connectivity index (χ0v) is 10.8. The lowest BCUT2D eigenvalue weighted by Crippen LogP contribution is -2.12. The summed E-state index contributed by atoms with van der Waals surface area (Å²) in [6.45, 7) is 6.44. The van der Waals surface area contributed by atoms with Crippen LogP contribution in [0.1, 0.15) is 33.0 Å². The lowest BCUT2D eigenvalue weighted by molar-refractivity contribution is 0.0685. The second-order valence-electron chi connectivity index (χ2n) is 4.45. The van der Waals surface area contributed by atoms with Crippen LogP contribution in [-0.4, -0.2) is 20.6 Å². The Morgan fingerprint density at radius 2 is 1.89 bits per heavy atom. The summed E-state index contributed by atoms with van der Waals surface area (Å²) in [5, 5.41) is 9.13. The third-order valence-electron chi connectivity index (χ3n) is 3.23. The molecule has 4 heteroatoms. The Labute approximate surface area is 106 Å². The molecule has 0 radical (unpaired) electrons. The first-order valence-electron chi connectivity index (χ1n) is 5.81. The first-order valence-corrected chi connectivity index (χ1v) is 5.81. The molecule has 0 bridgehead atoms. The Hall–Kier alpha value is -2.10. The number of aryl methyl sites for hydroxylation is 3. The maximum Gasteiger partial charge on any atom is 0.354 e. The molecular formula is C14H16N2O2. The molecule has 0 aliphatic carbocycles. The molecule has 2 aromatic rings. The minimum absolute atomic E-state index is 0.232. The molecule has 1 aromatic carbocycles. The van der Waals surface area contributed by atoms with Crippen LogP contribution in [0.4, 0.5) is 0 Å². The molecule has 0 atom stereocenters. The summed E-state index contributed by atoms with van der Waals surface area (Å²) in [4.78, 5) is 15.2. The number of rotatable bonds is 3. The molecule has 0 amide bonds. The summed E-state index contributed by atoms with van der Waals surface area (Å²) in [5.74, 6) is -0.225. The Morgan fingerprint density at radius 3 is 2.44 bits per heavy atom. The van der Waals surface area contributed by atoms with Gasteiger partial charge in [-0.1, -0.05) is 18.2 Å². The van der Waals surface area contributed by atoms with E-state index in [0.29, 0.717) is 6.54 Å². The molecule has 0 spiro atoms. The van der Waals surface area contributed by atoms with E-state index in [1.54, 1.807) is 4.57 Å². The van der Waals surface area contributed by atoms with Gasteiger partial charge in [0.1, 0.15) is 11.5 Å². The third kappa shape index (κ3) is 2.14. The van der Waals surface area contributed by atoms with E-state index in [0.717, 1.165) is 11.4 Å². The molecule has 0 unspecified atom stereocenters. The van der Waals surface area contributed by atoms with Gasteiger partial charge < -0.3 is 9.67 Å². The van der Waals surface area contributed by atoms with Crippen LogP contribution in [-0.2, 0) is 6.54 Å². The number of carboxylic acids is 1. The van der Waals surface area contributed by atoms with Crippen LogP contribution in [0.3, 0.4) is 0 Å². The van der Waals surface area contributed by atoms with Crippen LogP contribution in [0.2, 0.25) is 0 Å². The van der Waals surface area contributed by atoms with Crippen molar-refractivity contribution in [2.75, 3.05) is 0 Å². The molecule has 0 saturated heterocycles. The topological polar surface area (TPSA) is 55.1 Å². The number of aromatic carboxylic acids is 1. The molecular weight excluding hydrogens is 228 g/mol. The van der Waals surface area contributed by atoms with Gasteiger partial charge in [0.05, 0.1) is 12.7 Å². The number of nitrogens with zero attached hydrogens (tertiary/aromatic N) is 2. The Kier molecular flexibility index (Phi) is 3.19. The minimum atomic E-state index is -0.943. The second kappa shape index (κ2) is 4.64. The highest BCUT2D eigenvalue weighted by atomic mass is 16.4. The highest BCUT2D eigenvalue weighted by Gasteiger charge is 2.14. The predicted molar refractivity (Wildman–Crippen MR) is 68.9 cm³/mol. The van der Waals surface area contributed by atoms with Crippen molar-refractivity contribution >= 4 is 5.97 Å². The van der Waals surface area contributed by atoms with Crippen molar-refractivity contribution in [2.24, 2.45) is 0 Å². The van der Waals surface area contributed by atoms with Gasteiger partial charge in [-0.05, 0) is 37.5 Å². The molecule has 0 fully saturated rings. The second-order valence-corrected chi connectivity index (χ2v) is 4.45. The fourth-order valence-electron chi connectivity index (χ4n) is 2.10. The van der Waals surface area contributed by atoms with E-state index in [9.17, 15) is 4.79 Å². The van der Waals surface area contributed by atoms with E-state index in [4.69, 9.17) is 5.11 Å². The van der Waals surface area contributed by atoms with Crippen LogP contribution >= 0.6 is 0 Å². The van der Waals surface area contributed by atoms with E-state index in [2.05, 4.69) is 4.98 Å². The standard InChI is InChI=1S/C14H16N2O2/c1-9-5-4-6-10(2)12(9)8-16-11(3)15-7-13(16)14(17)18/h4-7H,8H2,1-3H3,(H,17,18). The molecule has 2 rings (SSSR count). The molecule has 18 heavy (non-hydrogen) atoms. The average Bonchev–Trinajstić information content (AvgIpc) is 2.66. The maximum atomic E-state index is 11.1. The summed E-state index contributed by atoms with van der Waals surface area (Å²) in [6, 6.07) is 6.08. The van der Waals surface area contributed by atoms with Gasteiger partial charge in [-0.2, -0.15) is 0 Å². The summed E-state index contributed by atoms with van der Waals surface area (Å²) in [6.07, 6.45) is 1.41. The number of benzene rings is 1. The normalized spacial score (nSPS) is 10.6. The van der Waals surface area contributed by atoms with E-state index < -0.39 is 5.97 Å². The summed E-state index contributed by atoms with van der Waals surface area (Å²) in [7, 11) is 0. The van der Waals surface area contributed by atoms with E-state index in [-0.39, 0.29) is 5.69 Å². The highest BCUT2D eigenvalue weighted by molar-refractivity contribution is 5.85. The molecule has 0 aliphatic heterocycles. The minimum Gasteiger partial charge on any atom is -0.477 e. The molecule has 1 aromatic heterocycles. The lowest BCUT2D eigenvalue weighted by Gasteiger charge is -2.13. The number of aromatic nitrogens is 2. The largest absolute Gasteiger partial charge is 0.477 e. The zero-order chi connectivity index (χ0) is 13.3. The first-order chi connectivity index (χ1) is 8.50. The summed E-state index contributed by atoms with van der Waals surface area (Å²) in [5.41, 5.74) is 3.72. The summed E-state index contributed by atoms with van der Waals surface area (Å²) >= 11 is 0. The first kappa shape index (κ1) is 12.4. The molecule has 1 N–H and O–H groups in total. The Bertz CT molecular complexity index is 580. The van der Waals surface area contributed by atoms with Gasteiger partial charge in [-0.3, -0.25) is 0 Å². The Balaban J connectivity index is 2.46. The highest BCUT2D eigenvalue weighted by Crippen LogP contribution is 2.17. The van der Waals surface area contributed by atoms with E-state index >= 15 is 0 Å². The van der Waals surface area contributed by atoms with Crippen molar-refractivity contribution in [3.63, 3.8) is 0 Å². The number of carbonyl (C=O) groups is 1. The van der Waals surface area contributed by atoms with E-state index in [1.165, 1.54) is 17.3 Å². The molecule has 0 aliphatic rings. The molecule has 4 nitrogen and oxygen atoms in total. The fourth-order valence-corrected chi connectivity index (χ4v) is 2.10. The Morgan fingerprint density at radius 1 is 1.28 bits per heavy atom. The lowest BCUT2D eigenvalue weighted by atomic mass is 10.0. The van der Waals surface area contributed by atoms with Gasteiger partial charge in [-0.15, -0.1) is 0 Å². The fraction of sp³-hybridized carbons (Fsp3) is 0.286. The molecule has 1 heterocycles. The third-order valence-corrected chi connectivity index (χ3v) is 3.23. The van der Waals surface area contributed by atoms with Crippen molar-refractivity contribution in [3.8, 4) is 0 Å². The number of hydrogen-bond acceptors (Lipinski definition) is 2. The smallest absolute Gasteiger partial charge is 0.354 e. The molecule has 94 valence electrons. The van der Waals surface area contributed by atoms with Crippen molar-refractivity contribution < 1.29 is 9.90 Å². The van der Waals surface area contributed by atoms with Gasteiger partial charge >= 0.3 is 5.97 Å².